The maximum atomic E-state index is 6.22. The Labute approximate surface area is 195 Å². The zero-order valence-corrected chi connectivity index (χ0v) is 19.7. The highest BCUT2D eigenvalue weighted by Gasteiger charge is 2.29. The van der Waals surface area contributed by atoms with Crippen molar-refractivity contribution in [3.63, 3.8) is 0 Å². The Morgan fingerprint density at radius 3 is 1.36 bits per heavy atom. The summed E-state index contributed by atoms with van der Waals surface area (Å²) in [5.41, 5.74) is 4.62. The number of benzene rings is 4. The van der Waals surface area contributed by atoms with Gasteiger partial charge in [-0.2, -0.15) is 0 Å². The van der Waals surface area contributed by atoms with Crippen molar-refractivity contribution in [3.8, 4) is 33.8 Å². The van der Waals surface area contributed by atoms with Gasteiger partial charge >= 0.3 is 0 Å². The first kappa shape index (κ1) is 20.8. The lowest BCUT2D eigenvalue weighted by molar-refractivity contribution is 0.254. The van der Waals surface area contributed by atoms with Gasteiger partial charge in [0.25, 0.3) is 16.8 Å². The quantitative estimate of drug-likeness (QED) is 0.228. The molecule has 0 fully saturated rings. The Morgan fingerprint density at radius 1 is 0.485 bits per heavy atom. The second-order valence-corrected chi connectivity index (χ2v) is 10.6. The zero-order chi connectivity index (χ0) is 22.0. The number of fused-ring (bicyclic) bond motifs is 6. The third kappa shape index (κ3) is 4.05. The molecule has 2 unspecified atom stereocenters. The molecule has 2 aliphatic heterocycles. The molecule has 4 aromatic rings. The lowest BCUT2D eigenvalue weighted by atomic mass is 10.0. The van der Waals surface area contributed by atoms with Crippen LogP contribution in [0.15, 0.2) is 97.1 Å². The van der Waals surface area contributed by atoms with Gasteiger partial charge in [-0.05, 0) is 41.8 Å². The Morgan fingerprint density at radius 2 is 0.879 bits per heavy atom. The first-order chi connectivity index (χ1) is 16.4. The van der Waals surface area contributed by atoms with E-state index in [4.69, 9.17) is 18.1 Å². The van der Waals surface area contributed by atoms with Crippen molar-refractivity contribution >= 4 is 27.4 Å². The lowest BCUT2D eigenvalue weighted by Crippen LogP contribution is -2.17. The molecular weight excluding hydrogens is 450 g/mol. The average molecular weight is 472 g/mol. The van der Waals surface area contributed by atoms with E-state index in [9.17, 15) is 0 Å². The Hall–Kier alpha value is -2.74. The molecule has 33 heavy (non-hydrogen) atoms. The van der Waals surface area contributed by atoms with Gasteiger partial charge in [0, 0.05) is 11.1 Å². The van der Waals surface area contributed by atoms with Crippen molar-refractivity contribution in [2.24, 2.45) is 0 Å². The fraction of sp³-hybridized carbons (Fsp3) is 0.111. The molecule has 0 amide bonds. The van der Waals surface area contributed by atoms with Crippen LogP contribution < -0.4 is 19.7 Å². The summed E-state index contributed by atoms with van der Waals surface area (Å²) in [6.45, 7) is 1.12. The smallest absolute Gasteiger partial charge is 0.265 e. The molecule has 0 N–H and O–H groups in total. The largest absolute Gasteiger partial charge is 0.443 e. The van der Waals surface area contributed by atoms with E-state index in [1.165, 1.54) is 11.1 Å². The molecule has 0 aromatic heterocycles. The minimum atomic E-state index is -1.16. The fourth-order valence-corrected chi connectivity index (χ4v) is 7.13. The van der Waals surface area contributed by atoms with Gasteiger partial charge in [-0.25, -0.2) is 0 Å². The predicted molar refractivity (Wildman–Crippen MR) is 135 cm³/mol. The molecule has 6 heteroatoms. The first-order valence-corrected chi connectivity index (χ1v) is 13.3. The van der Waals surface area contributed by atoms with Crippen LogP contribution in [0, 0.1) is 0 Å². The topological polar surface area (TPSA) is 36.9 Å². The van der Waals surface area contributed by atoms with Gasteiger partial charge < -0.3 is 18.1 Å². The maximum absolute atomic E-state index is 6.22. The Balaban J connectivity index is 1.09. The summed E-state index contributed by atoms with van der Waals surface area (Å²) in [6.07, 6.45) is 0.762. The summed E-state index contributed by atoms with van der Waals surface area (Å²) in [5, 5.41) is 2.25. The highest BCUT2D eigenvalue weighted by molar-refractivity contribution is 7.57. The van der Waals surface area contributed by atoms with Crippen molar-refractivity contribution in [1.82, 2.24) is 0 Å². The molecule has 0 spiro atoms. The molecule has 2 atom stereocenters. The SMILES string of the molecule is c1ccc2c(c1)OP(OCCCOP1Oc3ccccc3-c3ccccc31)c1ccccc1-2. The van der Waals surface area contributed by atoms with Crippen LogP contribution in [0.5, 0.6) is 11.5 Å². The predicted octanol–water partition coefficient (Wildman–Crippen LogP) is 6.80. The minimum absolute atomic E-state index is 0.559. The number of hydrogen-bond acceptors (Lipinski definition) is 4. The van der Waals surface area contributed by atoms with E-state index in [1.54, 1.807) is 0 Å². The summed E-state index contributed by atoms with van der Waals surface area (Å²) < 4.78 is 24.9. The molecule has 2 heterocycles. The average Bonchev–Trinajstić information content (AvgIpc) is 2.88. The van der Waals surface area contributed by atoms with E-state index in [0.717, 1.165) is 39.7 Å². The summed E-state index contributed by atoms with van der Waals surface area (Å²) in [5.74, 6) is 1.76. The standard InChI is InChI=1S/C27H22O4P2/c1-5-14-24-20(10-1)22-12-3-7-16-26(22)32(30-24)28-18-9-19-29-33-27-17-8-4-13-23(27)21-11-2-6-15-25(21)31-33/h1-8,10-17H,9,18-19H2. The highest BCUT2D eigenvalue weighted by Crippen LogP contribution is 2.50. The van der Waals surface area contributed by atoms with Crippen LogP contribution in [-0.4, -0.2) is 13.2 Å². The van der Waals surface area contributed by atoms with E-state index < -0.39 is 16.8 Å². The van der Waals surface area contributed by atoms with E-state index in [0.29, 0.717) is 13.2 Å². The van der Waals surface area contributed by atoms with Gasteiger partial charge in [-0.3, -0.25) is 0 Å². The van der Waals surface area contributed by atoms with Crippen molar-refractivity contribution in [1.29, 1.82) is 0 Å². The van der Waals surface area contributed by atoms with Crippen molar-refractivity contribution in [3.05, 3.63) is 97.1 Å². The number of hydrogen-bond donors (Lipinski definition) is 0. The molecule has 6 rings (SSSR count). The van der Waals surface area contributed by atoms with Gasteiger partial charge in [0.15, 0.2) is 0 Å². The Kier molecular flexibility index (Phi) is 5.84. The van der Waals surface area contributed by atoms with Gasteiger partial charge in [0.2, 0.25) is 0 Å². The lowest BCUT2D eigenvalue weighted by Gasteiger charge is -2.28. The van der Waals surface area contributed by atoms with Gasteiger partial charge in [-0.1, -0.05) is 72.8 Å². The molecule has 0 bridgehead atoms. The van der Waals surface area contributed by atoms with Gasteiger partial charge in [-0.15, -0.1) is 0 Å². The molecule has 164 valence electrons. The van der Waals surface area contributed by atoms with Gasteiger partial charge in [0.1, 0.15) is 11.5 Å². The molecule has 0 aliphatic carbocycles. The van der Waals surface area contributed by atoms with Crippen molar-refractivity contribution < 1.29 is 18.1 Å². The van der Waals surface area contributed by atoms with Gasteiger partial charge in [0.05, 0.1) is 23.8 Å². The molecule has 4 nitrogen and oxygen atoms in total. The molecule has 0 radical (unpaired) electrons. The van der Waals surface area contributed by atoms with Crippen molar-refractivity contribution in [2.45, 2.75) is 6.42 Å². The van der Waals surface area contributed by atoms with E-state index in [-0.39, 0.29) is 0 Å². The van der Waals surface area contributed by atoms with Crippen LogP contribution in [-0.2, 0) is 9.05 Å². The molecule has 0 saturated heterocycles. The minimum Gasteiger partial charge on any atom is -0.443 e. The van der Waals surface area contributed by atoms with Crippen LogP contribution in [0.2, 0.25) is 0 Å². The third-order valence-corrected chi connectivity index (χ3v) is 8.75. The monoisotopic (exact) mass is 472 g/mol. The van der Waals surface area contributed by atoms with Crippen LogP contribution >= 0.6 is 16.8 Å². The van der Waals surface area contributed by atoms with E-state index in [1.807, 2.05) is 48.5 Å². The molecule has 2 aliphatic rings. The second-order valence-electron chi connectivity index (χ2n) is 7.74. The van der Waals surface area contributed by atoms with Crippen LogP contribution in [0.1, 0.15) is 6.42 Å². The summed E-state index contributed by atoms with van der Waals surface area (Å²) in [6, 6.07) is 32.9. The maximum Gasteiger partial charge on any atom is 0.265 e. The second kappa shape index (κ2) is 9.25. The summed E-state index contributed by atoms with van der Waals surface area (Å²) >= 11 is 0. The van der Waals surface area contributed by atoms with Crippen LogP contribution in [0.3, 0.4) is 0 Å². The normalized spacial score (nSPS) is 17.6. The Bertz CT molecular complexity index is 1190. The summed E-state index contributed by atoms with van der Waals surface area (Å²) in [4.78, 5) is 0. The number of rotatable bonds is 6. The molecule has 0 saturated carbocycles. The highest BCUT2D eigenvalue weighted by atomic mass is 31.2. The molecule has 4 aromatic carbocycles. The van der Waals surface area contributed by atoms with E-state index >= 15 is 0 Å². The first-order valence-electron chi connectivity index (χ1n) is 11.0. The van der Waals surface area contributed by atoms with Crippen molar-refractivity contribution in [2.75, 3.05) is 13.2 Å². The molecular formula is C27H22O4P2. The van der Waals surface area contributed by atoms with E-state index in [2.05, 4.69) is 48.5 Å². The third-order valence-electron chi connectivity index (χ3n) is 5.62. The summed E-state index contributed by atoms with van der Waals surface area (Å²) in [7, 11) is -2.33. The van der Waals surface area contributed by atoms with Crippen LogP contribution in [0.4, 0.5) is 0 Å². The van der Waals surface area contributed by atoms with Crippen LogP contribution in [0.25, 0.3) is 22.3 Å². The fourth-order valence-electron chi connectivity index (χ4n) is 4.08. The number of para-hydroxylation sites is 2. The zero-order valence-electron chi connectivity index (χ0n) is 17.9.